The SMILES string of the molecule is COc1cccc(C(=O)[C@@H]2[C@@H](C(=O)c3ccccc3)N3c4ccc(C)cc4C=C[C@H]3[C@]23C(=O)Nc2ccccc23)c1. The molecule has 4 atom stereocenters. The summed E-state index contributed by atoms with van der Waals surface area (Å²) in [5.41, 5.74) is 3.79. The van der Waals surface area contributed by atoms with Crippen molar-refractivity contribution in [1.82, 2.24) is 0 Å². The molecule has 4 aromatic carbocycles. The lowest BCUT2D eigenvalue weighted by Crippen LogP contribution is -2.51. The highest BCUT2D eigenvalue weighted by Crippen LogP contribution is 2.58. The molecule has 0 aliphatic carbocycles. The maximum Gasteiger partial charge on any atom is 0.238 e. The lowest BCUT2D eigenvalue weighted by Gasteiger charge is -2.37. The molecule has 3 aliphatic rings. The van der Waals surface area contributed by atoms with Crippen molar-refractivity contribution >= 4 is 34.9 Å². The number of hydrogen-bond acceptors (Lipinski definition) is 5. The van der Waals surface area contributed by atoms with E-state index in [1.807, 2.05) is 78.6 Å². The van der Waals surface area contributed by atoms with Crippen LogP contribution in [0, 0.1) is 12.8 Å². The van der Waals surface area contributed by atoms with Crippen LogP contribution in [-0.4, -0.2) is 36.7 Å². The van der Waals surface area contributed by atoms with Gasteiger partial charge in [-0.05, 0) is 48.4 Å². The van der Waals surface area contributed by atoms with Crippen molar-refractivity contribution in [3.05, 3.63) is 131 Å². The normalized spacial score (nSPS) is 23.5. The van der Waals surface area contributed by atoms with Gasteiger partial charge in [0.15, 0.2) is 11.6 Å². The topological polar surface area (TPSA) is 75.7 Å². The van der Waals surface area contributed by atoms with E-state index in [1.54, 1.807) is 43.5 Å². The van der Waals surface area contributed by atoms with Gasteiger partial charge in [0.1, 0.15) is 17.2 Å². The highest BCUT2D eigenvalue weighted by molar-refractivity contribution is 6.18. The molecule has 41 heavy (non-hydrogen) atoms. The van der Waals surface area contributed by atoms with Crippen molar-refractivity contribution < 1.29 is 19.1 Å². The van der Waals surface area contributed by atoms with E-state index in [4.69, 9.17) is 4.74 Å². The molecule has 1 saturated heterocycles. The Morgan fingerprint density at radius 1 is 0.854 bits per heavy atom. The average molecular weight is 541 g/mol. The van der Waals surface area contributed by atoms with Gasteiger partial charge >= 0.3 is 0 Å². The Kier molecular flexibility index (Phi) is 5.68. The first-order valence-electron chi connectivity index (χ1n) is 13.7. The second kappa shape index (κ2) is 9.30. The molecule has 202 valence electrons. The molecule has 0 unspecified atom stereocenters. The van der Waals surface area contributed by atoms with Crippen LogP contribution >= 0.6 is 0 Å². The molecule has 6 nitrogen and oxygen atoms in total. The van der Waals surface area contributed by atoms with Gasteiger partial charge in [-0.15, -0.1) is 0 Å². The zero-order valence-electron chi connectivity index (χ0n) is 22.7. The lowest BCUT2D eigenvalue weighted by molar-refractivity contribution is -0.121. The molecule has 0 saturated carbocycles. The van der Waals surface area contributed by atoms with E-state index in [1.165, 1.54) is 0 Å². The fourth-order valence-corrected chi connectivity index (χ4v) is 7.03. The summed E-state index contributed by atoms with van der Waals surface area (Å²) in [5.74, 6) is -1.25. The van der Waals surface area contributed by atoms with Gasteiger partial charge < -0.3 is 15.0 Å². The number of ether oxygens (including phenoxy) is 1. The van der Waals surface area contributed by atoms with Gasteiger partial charge in [0.05, 0.1) is 19.1 Å². The van der Waals surface area contributed by atoms with Gasteiger partial charge in [-0.25, -0.2) is 0 Å². The molecule has 4 aromatic rings. The molecule has 0 bridgehead atoms. The Labute approximate surface area is 238 Å². The number of nitrogens with one attached hydrogen (secondary N) is 1. The number of aryl methyl sites for hydroxylation is 1. The quantitative estimate of drug-likeness (QED) is 0.321. The molecule has 7 rings (SSSR count). The van der Waals surface area contributed by atoms with Crippen molar-refractivity contribution in [2.24, 2.45) is 5.92 Å². The molecule has 1 spiro atoms. The number of Topliss-reactive ketones (excluding diaryl/α,β-unsaturated/α-hetero) is 2. The molecule has 3 heterocycles. The smallest absolute Gasteiger partial charge is 0.238 e. The largest absolute Gasteiger partial charge is 0.497 e. The molecule has 1 fully saturated rings. The Morgan fingerprint density at radius 3 is 2.41 bits per heavy atom. The third-order valence-electron chi connectivity index (χ3n) is 8.75. The van der Waals surface area contributed by atoms with Crippen LogP contribution in [0.5, 0.6) is 5.75 Å². The Bertz CT molecular complexity index is 1760. The zero-order chi connectivity index (χ0) is 28.3. The molecule has 1 N–H and O–H groups in total. The molecule has 6 heteroatoms. The lowest BCUT2D eigenvalue weighted by atomic mass is 9.64. The monoisotopic (exact) mass is 540 g/mol. The van der Waals surface area contributed by atoms with Gasteiger partial charge in [0, 0.05) is 22.5 Å². The molecular weight excluding hydrogens is 512 g/mol. The van der Waals surface area contributed by atoms with Crippen molar-refractivity contribution in [2.45, 2.75) is 24.4 Å². The van der Waals surface area contributed by atoms with Crippen molar-refractivity contribution in [2.75, 3.05) is 17.3 Å². The van der Waals surface area contributed by atoms with Crippen LogP contribution in [0.3, 0.4) is 0 Å². The van der Waals surface area contributed by atoms with Crippen LogP contribution in [0.15, 0.2) is 103 Å². The van der Waals surface area contributed by atoms with Crippen LogP contribution in [-0.2, 0) is 10.2 Å². The number of fused-ring (bicyclic) bond motifs is 6. The number of carbonyl (C=O) groups excluding carboxylic acids is 3. The summed E-state index contributed by atoms with van der Waals surface area (Å²) in [6.45, 7) is 2.02. The number of hydrogen-bond donors (Lipinski definition) is 1. The third kappa shape index (κ3) is 3.53. The minimum absolute atomic E-state index is 0.201. The maximum atomic E-state index is 14.8. The summed E-state index contributed by atoms with van der Waals surface area (Å²) in [5, 5.41) is 3.07. The fraction of sp³-hybridized carbons (Fsp3) is 0.171. The highest BCUT2D eigenvalue weighted by Gasteiger charge is 2.70. The highest BCUT2D eigenvalue weighted by atomic mass is 16.5. The first-order valence-corrected chi connectivity index (χ1v) is 13.7. The molecule has 1 amide bonds. The summed E-state index contributed by atoms with van der Waals surface area (Å²) in [6, 6.07) is 28.1. The van der Waals surface area contributed by atoms with Gasteiger partial charge in [-0.3, -0.25) is 14.4 Å². The number of para-hydroxylation sites is 1. The molecule has 3 aliphatic heterocycles. The van der Waals surface area contributed by atoms with Crippen LogP contribution in [0.2, 0.25) is 0 Å². The van der Waals surface area contributed by atoms with E-state index in [2.05, 4.69) is 11.4 Å². The third-order valence-corrected chi connectivity index (χ3v) is 8.75. The van der Waals surface area contributed by atoms with Crippen LogP contribution in [0.4, 0.5) is 11.4 Å². The van der Waals surface area contributed by atoms with Crippen molar-refractivity contribution in [1.29, 1.82) is 0 Å². The number of methoxy groups -OCH3 is 1. The van der Waals surface area contributed by atoms with Gasteiger partial charge in [-0.2, -0.15) is 0 Å². The van der Waals surface area contributed by atoms with Gasteiger partial charge in [0.2, 0.25) is 5.91 Å². The number of benzene rings is 4. The van der Waals surface area contributed by atoms with E-state index in [0.717, 1.165) is 22.4 Å². The van der Waals surface area contributed by atoms with Crippen molar-refractivity contribution in [3.63, 3.8) is 0 Å². The predicted molar refractivity (Wildman–Crippen MR) is 159 cm³/mol. The number of anilines is 2. The summed E-state index contributed by atoms with van der Waals surface area (Å²) >= 11 is 0. The number of nitrogens with zero attached hydrogens (tertiary/aromatic N) is 1. The van der Waals surface area contributed by atoms with Gasteiger partial charge in [-0.1, -0.05) is 84.4 Å². The summed E-state index contributed by atoms with van der Waals surface area (Å²) in [7, 11) is 1.55. The summed E-state index contributed by atoms with van der Waals surface area (Å²) in [4.78, 5) is 45.9. The standard InChI is InChI=1S/C35H28N2O4/c1-21-15-17-28-23(19-21)16-18-29-35(26-13-6-7-14-27(26)36-34(35)40)30(32(38)24-11-8-12-25(20-24)41-2)31(37(28)29)33(39)22-9-4-3-5-10-22/h3-20,29-31H,1-2H3,(H,36,40)/t29-,30-,31-,35-/m0/s1. The second-order valence-corrected chi connectivity index (χ2v) is 10.9. The second-order valence-electron chi connectivity index (χ2n) is 10.9. The summed E-state index contributed by atoms with van der Waals surface area (Å²) in [6.07, 6.45) is 4.01. The minimum atomic E-state index is -1.34. The number of amides is 1. The van der Waals surface area contributed by atoms with E-state index < -0.39 is 23.4 Å². The van der Waals surface area contributed by atoms with Gasteiger partial charge in [0.25, 0.3) is 0 Å². The Morgan fingerprint density at radius 2 is 1.61 bits per heavy atom. The van der Waals surface area contributed by atoms with E-state index in [-0.39, 0.29) is 17.5 Å². The number of carbonyl (C=O) groups is 3. The van der Waals surface area contributed by atoms with Crippen molar-refractivity contribution in [3.8, 4) is 5.75 Å². The Balaban J connectivity index is 1.54. The fourth-order valence-electron chi connectivity index (χ4n) is 7.03. The zero-order valence-corrected chi connectivity index (χ0v) is 22.7. The summed E-state index contributed by atoms with van der Waals surface area (Å²) < 4.78 is 5.44. The molecule has 0 radical (unpaired) electrons. The van der Waals surface area contributed by atoms with Crippen LogP contribution in [0.25, 0.3) is 6.08 Å². The molecule has 0 aromatic heterocycles. The number of ketones is 2. The first-order chi connectivity index (χ1) is 19.9. The Hall–Kier alpha value is -4.97. The molecular formula is C35H28N2O4. The first kappa shape index (κ1) is 25.0. The van der Waals surface area contributed by atoms with E-state index >= 15 is 0 Å². The maximum absolute atomic E-state index is 14.8. The van der Waals surface area contributed by atoms with Crippen LogP contribution in [0.1, 0.15) is 37.4 Å². The average Bonchev–Trinajstić information content (AvgIpc) is 3.49. The number of rotatable bonds is 5. The minimum Gasteiger partial charge on any atom is -0.497 e. The van der Waals surface area contributed by atoms with Crippen LogP contribution < -0.4 is 15.0 Å². The van der Waals surface area contributed by atoms with E-state index in [0.29, 0.717) is 22.6 Å². The predicted octanol–water partition coefficient (Wildman–Crippen LogP) is 5.86. The van der Waals surface area contributed by atoms with E-state index in [9.17, 15) is 14.4 Å².